The van der Waals surface area contributed by atoms with Gasteiger partial charge in [-0.15, -0.1) is 5.10 Å². The van der Waals surface area contributed by atoms with E-state index < -0.39 is 10.1 Å². The summed E-state index contributed by atoms with van der Waals surface area (Å²) in [6, 6.07) is 11.3. The fourth-order valence-corrected chi connectivity index (χ4v) is 2.36. The molecule has 0 unspecified atom stereocenters. The first kappa shape index (κ1) is 20.2. The molecule has 3 rings (SSSR count). The summed E-state index contributed by atoms with van der Waals surface area (Å²) in [6.07, 6.45) is 1.48. The van der Waals surface area contributed by atoms with Gasteiger partial charge in [-0.3, -0.25) is 9.76 Å². The largest absolute Gasteiger partial charge is 0.454 e. The molecule has 2 aromatic carbocycles. The SMILES string of the molecule is Cc1ccc(S(=O)(=O)O)cc1.N/C(=N\N=C\c1ccc2c(c1)OCO2)NO. The Kier molecular flexibility index (Phi) is 6.71. The maximum absolute atomic E-state index is 10.5. The number of hydrogen-bond donors (Lipinski definition) is 4. The van der Waals surface area contributed by atoms with Crippen molar-refractivity contribution < 1.29 is 27.7 Å². The van der Waals surface area contributed by atoms with Crippen molar-refractivity contribution in [3.63, 3.8) is 0 Å². The molecular weight excluding hydrogens is 376 g/mol. The Morgan fingerprint density at radius 3 is 2.48 bits per heavy atom. The van der Waals surface area contributed by atoms with Crippen LogP contribution < -0.4 is 20.7 Å². The average molecular weight is 394 g/mol. The summed E-state index contributed by atoms with van der Waals surface area (Å²) in [4.78, 5) is -0.0666. The minimum Gasteiger partial charge on any atom is -0.454 e. The molecule has 1 aliphatic heterocycles. The van der Waals surface area contributed by atoms with Crippen LogP contribution in [-0.2, 0) is 10.1 Å². The van der Waals surface area contributed by atoms with Gasteiger partial charge in [0.2, 0.25) is 12.8 Å². The Bertz CT molecular complexity index is 942. The number of nitrogens with zero attached hydrogens (tertiary/aromatic N) is 2. The molecule has 0 amide bonds. The zero-order valence-electron chi connectivity index (χ0n) is 14.2. The summed E-state index contributed by atoms with van der Waals surface area (Å²) in [5.74, 6) is 1.19. The molecule has 0 atom stereocenters. The highest BCUT2D eigenvalue weighted by molar-refractivity contribution is 7.85. The van der Waals surface area contributed by atoms with E-state index in [1.165, 1.54) is 18.3 Å². The lowest BCUT2D eigenvalue weighted by Gasteiger charge is -1.96. The number of ether oxygens (including phenoxy) is 2. The molecule has 5 N–H and O–H groups in total. The van der Waals surface area contributed by atoms with Gasteiger partial charge in [0.1, 0.15) is 0 Å². The minimum absolute atomic E-state index is 0.0666. The third-order valence-corrected chi connectivity index (χ3v) is 4.07. The van der Waals surface area contributed by atoms with Crippen LogP contribution in [0.2, 0.25) is 0 Å². The summed E-state index contributed by atoms with van der Waals surface area (Å²) < 4.78 is 39.9. The topological polar surface area (TPSA) is 156 Å². The lowest BCUT2D eigenvalue weighted by Crippen LogP contribution is -2.27. The van der Waals surface area contributed by atoms with Crippen molar-refractivity contribution in [3.8, 4) is 11.5 Å². The highest BCUT2D eigenvalue weighted by Crippen LogP contribution is 2.31. The molecule has 10 nitrogen and oxygen atoms in total. The average Bonchev–Trinajstić information content (AvgIpc) is 3.09. The molecule has 0 aromatic heterocycles. The molecule has 2 aromatic rings. The molecule has 0 spiro atoms. The standard InChI is InChI=1S/C9H10N4O3.C7H8O3S/c10-9(13-14)12-11-4-6-1-2-7-8(3-6)16-5-15-7;1-6-2-4-7(5-3-6)11(8,9)10/h1-4,14H,5H2,(H3,10,12,13);2-5H,1H3,(H,8,9,10)/b11-4+;. The van der Waals surface area contributed by atoms with Crippen LogP contribution >= 0.6 is 0 Å². The van der Waals surface area contributed by atoms with Gasteiger partial charge in [-0.1, -0.05) is 17.7 Å². The van der Waals surface area contributed by atoms with E-state index in [2.05, 4.69) is 10.2 Å². The first-order valence-corrected chi connectivity index (χ1v) is 8.94. The fourth-order valence-electron chi connectivity index (χ4n) is 1.88. The number of nitrogens with two attached hydrogens (primary N) is 1. The summed E-state index contributed by atoms with van der Waals surface area (Å²) in [7, 11) is -4.02. The molecule has 0 aliphatic carbocycles. The van der Waals surface area contributed by atoms with Gasteiger partial charge in [-0.05, 0) is 42.8 Å². The molecule has 0 fully saturated rings. The van der Waals surface area contributed by atoms with Crippen LogP contribution in [0.4, 0.5) is 0 Å². The highest BCUT2D eigenvalue weighted by atomic mass is 32.2. The second kappa shape index (κ2) is 8.98. The highest BCUT2D eigenvalue weighted by Gasteiger charge is 2.12. The number of benzene rings is 2. The van der Waals surface area contributed by atoms with Gasteiger partial charge in [0.25, 0.3) is 10.1 Å². The number of hydrogen-bond acceptors (Lipinski definition) is 7. The van der Waals surface area contributed by atoms with Crippen LogP contribution in [0.15, 0.2) is 57.6 Å². The van der Waals surface area contributed by atoms with Crippen molar-refractivity contribution in [1.82, 2.24) is 5.48 Å². The third-order valence-electron chi connectivity index (χ3n) is 3.20. The normalized spacial score (nSPS) is 13.2. The summed E-state index contributed by atoms with van der Waals surface area (Å²) in [5.41, 5.74) is 8.57. The second-order valence-corrected chi connectivity index (χ2v) is 6.66. The van der Waals surface area contributed by atoms with Crippen LogP contribution in [0.3, 0.4) is 0 Å². The quantitative estimate of drug-likeness (QED) is 0.262. The van der Waals surface area contributed by atoms with Crippen molar-refractivity contribution in [2.24, 2.45) is 15.9 Å². The van der Waals surface area contributed by atoms with Gasteiger partial charge in [0, 0.05) is 0 Å². The van der Waals surface area contributed by atoms with E-state index in [0.717, 1.165) is 11.1 Å². The van der Waals surface area contributed by atoms with E-state index in [4.69, 9.17) is 25.0 Å². The molecule has 11 heteroatoms. The second-order valence-electron chi connectivity index (χ2n) is 5.24. The Balaban J connectivity index is 0.000000208. The lowest BCUT2D eigenvalue weighted by molar-refractivity contribution is 0.174. The maximum atomic E-state index is 10.5. The van der Waals surface area contributed by atoms with Crippen molar-refractivity contribution >= 4 is 22.3 Å². The van der Waals surface area contributed by atoms with Crippen LogP contribution in [0.25, 0.3) is 0 Å². The Labute approximate surface area is 155 Å². The van der Waals surface area contributed by atoms with E-state index in [9.17, 15) is 8.42 Å². The molecule has 0 saturated heterocycles. The van der Waals surface area contributed by atoms with Gasteiger partial charge < -0.3 is 15.2 Å². The van der Waals surface area contributed by atoms with E-state index >= 15 is 0 Å². The Morgan fingerprint density at radius 1 is 1.19 bits per heavy atom. The van der Waals surface area contributed by atoms with Crippen LogP contribution in [-0.4, -0.2) is 37.1 Å². The summed E-state index contributed by atoms with van der Waals surface area (Å²) >= 11 is 0. The Hall–Kier alpha value is -3.15. The van der Waals surface area contributed by atoms with Crippen molar-refractivity contribution in [2.45, 2.75) is 11.8 Å². The summed E-state index contributed by atoms with van der Waals surface area (Å²) in [6.45, 7) is 2.07. The van der Waals surface area contributed by atoms with Crippen LogP contribution in [0.5, 0.6) is 11.5 Å². The first-order chi connectivity index (χ1) is 12.8. The number of hydroxylamine groups is 1. The van der Waals surface area contributed by atoms with Gasteiger partial charge in [0.05, 0.1) is 11.1 Å². The minimum atomic E-state index is -4.02. The molecule has 0 saturated carbocycles. The molecular formula is C16H18N4O6S. The van der Waals surface area contributed by atoms with Crippen molar-refractivity contribution in [3.05, 3.63) is 53.6 Å². The molecule has 0 bridgehead atoms. The van der Waals surface area contributed by atoms with Crippen molar-refractivity contribution in [2.75, 3.05) is 6.79 Å². The number of fused-ring (bicyclic) bond motifs is 1. The third kappa shape index (κ3) is 6.26. The number of nitrogens with one attached hydrogen (secondary N) is 1. The van der Waals surface area contributed by atoms with Gasteiger partial charge >= 0.3 is 0 Å². The maximum Gasteiger partial charge on any atom is 0.294 e. The van der Waals surface area contributed by atoms with E-state index in [1.54, 1.807) is 35.8 Å². The van der Waals surface area contributed by atoms with Gasteiger partial charge in [-0.2, -0.15) is 13.5 Å². The van der Waals surface area contributed by atoms with Crippen LogP contribution in [0.1, 0.15) is 11.1 Å². The smallest absolute Gasteiger partial charge is 0.294 e. The predicted octanol–water partition coefficient (Wildman–Crippen LogP) is 1.28. The zero-order chi connectivity index (χ0) is 19.9. The van der Waals surface area contributed by atoms with E-state index in [1.807, 2.05) is 6.92 Å². The number of guanidine groups is 1. The van der Waals surface area contributed by atoms with Gasteiger partial charge in [0.15, 0.2) is 11.5 Å². The van der Waals surface area contributed by atoms with Gasteiger partial charge in [-0.25, -0.2) is 5.48 Å². The molecule has 27 heavy (non-hydrogen) atoms. The van der Waals surface area contributed by atoms with E-state index in [-0.39, 0.29) is 17.6 Å². The first-order valence-electron chi connectivity index (χ1n) is 7.50. The number of rotatable bonds is 3. The van der Waals surface area contributed by atoms with E-state index in [0.29, 0.717) is 11.5 Å². The molecule has 1 aliphatic rings. The Morgan fingerprint density at radius 2 is 1.85 bits per heavy atom. The molecule has 144 valence electrons. The molecule has 1 heterocycles. The number of aryl methyl sites for hydroxylation is 1. The zero-order valence-corrected chi connectivity index (χ0v) is 15.0. The van der Waals surface area contributed by atoms with Crippen molar-refractivity contribution in [1.29, 1.82) is 0 Å². The molecule has 0 radical (unpaired) electrons. The summed E-state index contributed by atoms with van der Waals surface area (Å²) in [5, 5.41) is 15.5. The van der Waals surface area contributed by atoms with Crippen LogP contribution in [0, 0.1) is 6.92 Å². The fraction of sp³-hybridized carbons (Fsp3) is 0.125. The monoisotopic (exact) mass is 394 g/mol. The predicted molar refractivity (Wildman–Crippen MR) is 97.7 cm³/mol. The lowest BCUT2D eigenvalue weighted by atomic mass is 10.2.